The molecule has 28 heavy (non-hydrogen) atoms. The van der Waals surface area contributed by atoms with Gasteiger partial charge in [0.1, 0.15) is 0 Å². The molecule has 0 saturated heterocycles. The minimum absolute atomic E-state index is 0.0517. The number of carbonyl (C=O) groups is 1. The second-order valence-corrected chi connectivity index (χ2v) is 10.5. The van der Waals surface area contributed by atoms with E-state index in [1.807, 2.05) is 48.7 Å². The van der Waals surface area contributed by atoms with Crippen LogP contribution < -0.4 is 10.0 Å². The van der Waals surface area contributed by atoms with Crippen molar-refractivity contribution in [1.82, 2.24) is 14.9 Å². The lowest BCUT2D eigenvalue weighted by molar-refractivity contribution is -0.121. The molecule has 1 rings (SSSR count). The summed E-state index contributed by atoms with van der Waals surface area (Å²) in [5, 5.41) is 2.90. The molecular weight excluding hydrogens is 374 g/mol. The molecule has 1 amide bonds. The van der Waals surface area contributed by atoms with Gasteiger partial charge in [0.2, 0.25) is 15.9 Å². The maximum absolute atomic E-state index is 12.9. The Hall–Kier alpha value is -1.44. The van der Waals surface area contributed by atoms with Crippen molar-refractivity contribution in [2.24, 2.45) is 5.41 Å². The Morgan fingerprint density at radius 3 is 1.86 bits per heavy atom. The first kappa shape index (κ1) is 24.6. The highest BCUT2D eigenvalue weighted by molar-refractivity contribution is 7.89. The molecule has 0 unspecified atom stereocenters. The second kappa shape index (κ2) is 9.37. The third-order valence-electron chi connectivity index (χ3n) is 5.35. The van der Waals surface area contributed by atoms with Gasteiger partial charge in [-0.05, 0) is 81.9 Å². The van der Waals surface area contributed by atoms with Crippen molar-refractivity contribution in [3.8, 4) is 0 Å². The van der Waals surface area contributed by atoms with Crippen LogP contribution in [0, 0.1) is 40.0 Å². The smallest absolute Gasteiger partial charge is 0.241 e. The first-order valence-electron chi connectivity index (χ1n) is 9.67. The summed E-state index contributed by atoms with van der Waals surface area (Å²) in [5.41, 5.74) is 4.58. The van der Waals surface area contributed by atoms with Crippen molar-refractivity contribution in [3.63, 3.8) is 0 Å². The molecule has 0 heterocycles. The number of benzene rings is 1. The molecule has 0 aliphatic heterocycles. The zero-order chi connectivity index (χ0) is 21.9. The molecule has 2 N–H and O–H groups in total. The first-order chi connectivity index (χ1) is 12.7. The highest BCUT2D eigenvalue weighted by Crippen LogP contribution is 2.29. The Labute approximate surface area is 171 Å². The van der Waals surface area contributed by atoms with Gasteiger partial charge >= 0.3 is 0 Å². The average molecular weight is 412 g/mol. The van der Waals surface area contributed by atoms with Crippen LogP contribution in [0.5, 0.6) is 0 Å². The summed E-state index contributed by atoms with van der Waals surface area (Å²) in [6.45, 7) is 15.2. The van der Waals surface area contributed by atoms with Crippen LogP contribution in [0.15, 0.2) is 4.90 Å². The van der Waals surface area contributed by atoms with Crippen LogP contribution in [-0.4, -0.2) is 53.0 Å². The van der Waals surface area contributed by atoms with Crippen molar-refractivity contribution in [2.45, 2.75) is 59.8 Å². The molecular formula is C21H37N3O3S. The summed E-state index contributed by atoms with van der Waals surface area (Å²) in [7, 11) is 0.319. The van der Waals surface area contributed by atoms with E-state index in [-0.39, 0.29) is 24.3 Å². The van der Waals surface area contributed by atoms with Gasteiger partial charge in [-0.3, -0.25) is 4.79 Å². The number of sulfonamides is 1. The summed E-state index contributed by atoms with van der Waals surface area (Å²) in [4.78, 5) is 14.5. The third-order valence-corrected chi connectivity index (χ3v) is 7.09. The van der Waals surface area contributed by atoms with E-state index in [2.05, 4.69) is 28.8 Å². The van der Waals surface area contributed by atoms with E-state index in [1.165, 1.54) is 0 Å². The lowest BCUT2D eigenvalue weighted by Crippen LogP contribution is -2.40. The van der Waals surface area contributed by atoms with Crippen molar-refractivity contribution in [1.29, 1.82) is 0 Å². The highest BCUT2D eigenvalue weighted by Gasteiger charge is 2.24. The minimum atomic E-state index is -3.67. The van der Waals surface area contributed by atoms with Crippen LogP contribution in [0.1, 0.15) is 48.1 Å². The molecule has 0 spiro atoms. The molecule has 0 radical (unpaired) electrons. The summed E-state index contributed by atoms with van der Waals surface area (Å²) in [6, 6.07) is 0. The number of nitrogens with zero attached hydrogens (tertiary/aromatic N) is 1. The summed E-state index contributed by atoms with van der Waals surface area (Å²) in [5.74, 6) is -0.153. The molecule has 0 fully saturated rings. The molecule has 6 nitrogen and oxygen atoms in total. The van der Waals surface area contributed by atoms with Gasteiger partial charge in [-0.1, -0.05) is 13.8 Å². The van der Waals surface area contributed by atoms with Crippen LogP contribution in [0.25, 0.3) is 0 Å². The highest BCUT2D eigenvalue weighted by atomic mass is 32.2. The summed E-state index contributed by atoms with van der Waals surface area (Å²) >= 11 is 0. The van der Waals surface area contributed by atoms with Gasteiger partial charge in [0.25, 0.3) is 0 Å². The molecule has 0 atom stereocenters. The largest absolute Gasteiger partial charge is 0.355 e. The number of nitrogens with one attached hydrogen (secondary N) is 2. The van der Waals surface area contributed by atoms with Gasteiger partial charge in [0.05, 0.1) is 4.90 Å². The topological polar surface area (TPSA) is 78.5 Å². The monoisotopic (exact) mass is 411 g/mol. The molecule has 0 aliphatic carbocycles. The van der Waals surface area contributed by atoms with Crippen molar-refractivity contribution >= 4 is 15.9 Å². The standard InChI is InChI=1S/C21H37N3O3S/c1-14-15(2)17(4)20(18(5)16(14)3)28(26,27)23-11-10-19(25)22-12-21(6,7)13-24(8)9/h23H,10-13H2,1-9H3,(H,22,25). The van der Waals surface area contributed by atoms with Crippen molar-refractivity contribution < 1.29 is 13.2 Å². The fourth-order valence-electron chi connectivity index (χ4n) is 3.58. The Bertz CT molecular complexity index is 799. The van der Waals surface area contributed by atoms with Crippen LogP contribution in [-0.2, 0) is 14.8 Å². The average Bonchev–Trinajstić information content (AvgIpc) is 2.55. The summed E-state index contributed by atoms with van der Waals surface area (Å²) in [6.07, 6.45) is 0.110. The van der Waals surface area contributed by atoms with Crippen LogP contribution >= 0.6 is 0 Å². The van der Waals surface area contributed by atoms with E-state index >= 15 is 0 Å². The van der Waals surface area contributed by atoms with Crippen LogP contribution in [0.3, 0.4) is 0 Å². The first-order valence-corrected chi connectivity index (χ1v) is 11.2. The molecule has 0 aromatic heterocycles. The Morgan fingerprint density at radius 2 is 1.39 bits per heavy atom. The molecule has 7 heteroatoms. The summed E-state index contributed by atoms with van der Waals surface area (Å²) < 4.78 is 28.3. The van der Waals surface area contributed by atoms with E-state index in [1.54, 1.807) is 0 Å². The lowest BCUT2D eigenvalue weighted by Gasteiger charge is -2.28. The number of amides is 1. The minimum Gasteiger partial charge on any atom is -0.355 e. The molecule has 1 aromatic carbocycles. The SMILES string of the molecule is Cc1c(C)c(C)c(S(=O)(=O)NCCC(=O)NCC(C)(C)CN(C)C)c(C)c1C. The van der Waals surface area contributed by atoms with Gasteiger partial charge in [-0.25, -0.2) is 13.1 Å². The van der Waals surface area contributed by atoms with Crippen LogP contribution in [0.2, 0.25) is 0 Å². The normalized spacial score (nSPS) is 12.5. The fraction of sp³-hybridized carbons (Fsp3) is 0.667. The van der Waals surface area contributed by atoms with Crippen molar-refractivity contribution in [3.05, 3.63) is 27.8 Å². The van der Waals surface area contributed by atoms with E-state index in [0.29, 0.717) is 11.4 Å². The predicted molar refractivity (Wildman–Crippen MR) is 115 cm³/mol. The molecule has 0 bridgehead atoms. The number of carbonyl (C=O) groups excluding carboxylic acids is 1. The van der Waals surface area contributed by atoms with Crippen LogP contribution in [0.4, 0.5) is 0 Å². The number of hydrogen-bond acceptors (Lipinski definition) is 4. The molecule has 0 aliphatic rings. The Kier molecular flexibility index (Phi) is 8.23. The van der Waals surface area contributed by atoms with E-state index < -0.39 is 10.0 Å². The lowest BCUT2D eigenvalue weighted by atomic mass is 9.93. The quantitative estimate of drug-likeness (QED) is 0.655. The third kappa shape index (κ3) is 6.29. The van der Waals surface area contributed by atoms with Gasteiger partial charge in [0, 0.05) is 26.1 Å². The fourth-order valence-corrected chi connectivity index (χ4v) is 5.21. The van der Waals surface area contributed by atoms with E-state index in [4.69, 9.17) is 0 Å². The molecule has 0 saturated carbocycles. The van der Waals surface area contributed by atoms with Gasteiger partial charge in [0.15, 0.2) is 0 Å². The van der Waals surface area contributed by atoms with Gasteiger partial charge < -0.3 is 10.2 Å². The molecule has 1 aromatic rings. The Morgan fingerprint density at radius 1 is 0.929 bits per heavy atom. The van der Waals surface area contributed by atoms with E-state index in [0.717, 1.165) is 34.4 Å². The molecule has 160 valence electrons. The maximum Gasteiger partial charge on any atom is 0.241 e. The zero-order valence-corrected chi connectivity index (χ0v) is 19.7. The van der Waals surface area contributed by atoms with Gasteiger partial charge in [-0.15, -0.1) is 0 Å². The van der Waals surface area contributed by atoms with Crippen molar-refractivity contribution in [2.75, 3.05) is 33.7 Å². The van der Waals surface area contributed by atoms with E-state index in [9.17, 15) is 13.2 Å². The predicted octanol–water partition coefficient (Wildman–Crippen LogP) is 2.60. The number of rotatable bonds is 9. The zero-order valence-electron chi connectivity index (χ0n) is 18.9. The Balaban J connectivity index is 2.75. The second-order valence-electron chi connectivity index (χ2n) is 8.78. The van der Waals surface area contributed by atoms with Gasteiger partial charge in [-0.2, -0.15) is 0 Å². The number of hydrogen-bond donors (Lipinski definition) is 2. The maximum atomic E-state index is 12.9.